The zero-order chi connectivity index (χ0) is 23.2. The first-order valence-electron chi connectivity index (χ1n) is 11.4. The van der Waals surface area contributed by atoms with Crippen molar-refractivity contribution in [3.63, 3.8) is 0 Å². The van der Waals surface area contributed by atoms with Crippen LogP contribution in [0.2, 0.25) is 0 Å². The average Bonchev–Trinajstić information content (AvgIpc) is 3.28. The predicted molar refractivity (Wildman–Crippen MR) is 133 cm³/mol. The molecule has 6 heteroatoms. The summed E-state index contributed by atoms with van der Waals surface area (Å²) >= 11 is 0. The molecule has 0 spiro atoms. The second kappa shape index (κ2) is 10.3. The summed E-state index contributed by atoms with van der Waals surface area (Å²) in [4.78, 5) is 17.5. The summed E-state index contributed by atoms with van der Waals surface area (Å²) < 4.78 is 0. The van der Waals surface area contributed by atoms with Gasteiger partial charge in [-0.3, -0.25) is 4.79 Å². The average molecular weight is 440 g/mol. The van der Waals surface area contributed by atoms with Gasteiger partial charge in [-0.2, -0.15) is 5.26 Å². The third-order valence-corrected chi connectivity index (χ3v) is 6.10. The number of rotatable bonds is 6. The molecule has 2 heterocycles. The van der Waals surface area contributed by atoms with Crippen LogP contribution in [0.15, 0.2) is 60.2 Å². The minimum Gasteiger partial charge on any atom is -0.372 e. The number of nitrogens with zero attached hydrogens (tertiary/aromatic N) is 2. The summed E-state index contributed by atoms with van der Waals surface area (Å²) in [7, 11) is 1.77. The minimum absolute atomic E-state index is 0.109. The number of benzene rings is 1. The quantitative estimate of drug-likeness (QED) is 0.619. The fourth-order valence-corrected chi connectivity index (χ4v) is 4.30. The van der Waals surface area contributed by atoms with Crippen LogP contribution in [0.1, 0.15) is 47.8 Å². The second-order valence-electron chi connectivity index (χ2n) is 8.36. The topological polar surface area (TPSA) is 89.8 Å². The van der Waals surface area contributed by atoms with Crippen LogP contribution in [0.3, 0.4) is 0 Å². The van der Waals surface area contributed by atoms with Gasteiger partial charge >= 0.3 is 0 Å². The van der Waals surface area contributed by atoms with E-state index in [0.29, 0.717) is 29.5 Å². The highest BCUT2D eigenvalue weighted by Gasteiger charge is 2.18. The van der Waals surface area contributed by atoms with E-state index in [4.69, 9.17) is 4.98 Å². The van der Waals surface area contributed by atoms with Gasteiger partial charge in [0.05, 0.1) is 5.69 Å². The molecule has 168 valence electrons. The number of nitriles is 1. The van der Waals surface area contributed by atoms with Crippen molar-refractivity contribution in [1.82, 2.24) is 15.6 Å². The van der Waals surface area contributed by atoms with Gasteiger partial charge in [0.25, 0.3) is 5.91 Å². The molecule has 2 aliphatic rings. The largest absolute Gasteiger partial charge is 0.372 e. The van der Waals surface area contributed by atoms with E-state index in [-0.39, 0.29) is 5.91 Å². The van der Waals surface area contributed by atoms with E-state index >= 15 is 0 Å². The fourth-order valence-electron chi connectivity index (χ4n) is 4.30. The molecule has 0 saturated carbocycles. The number of anilines is 1. The van der Waals surface area contributed by atoms with Gasteiger partial charge in [-0.05, 0) is 62.1 Å². The summed E-state index contributed by atoms with van der Waals surface area (Å²) in [6.07, 6.45) is 11.5. The molecule has 0 radical (unpaired) electrons. The van der Waals surface area contributed by atoms with Gasteiger partial charge in [-0.25, -0.2) is 4.98 Å². The van der Waals surface area contributed by atoms with Crippen molar-refractivity contribution in [3.8, 4) is 17.2 Å². The van der Waals surface area contributed by atoms with Gasteiger partial charge in [-0.1, -0.05) is 36.4 Å². The molecule has 1 amide bonds. The standard InChI is InChI=1S/C27H29N5O/c1-18-8-4-3-5-12-22(18)25-15-23(24(16-28)26(29-2)32-25)19-9-6-10-20(14-19)27(33)31-17-21-11-7-13-30-21/h4-6,8-10,12,14-15,21,30H,3,7,11,13,17H2,1-2H3,(H,29,32)(H,31,33). The molecule has 1 aliphatic carbocycles. The number of pyridine rings is 1. The van der Waals surface area contributed by atoms with Gasteiger partial charge in [-0.15, -0.1) is 0 Å². The predicted octanol–water partition coefficient (Wildman–Crippen LogP) is 4.43. The normalized spacial score (nSPS) is 17.5. The second-order valence-corrected chi connectivity index (χ2v) is 8.36. The molecule has 6 nitrogen and oxygen atoms in total. The number of amides is 1. The first kappa shape index (κ1) is 22.5. The lowest BCUT2D eigenvalue weighted by molar-refractivity contribution is 0.0950. The van der Waals surface area contributed by atoms with Crippen LogP contribution in [-0.4, -0.2) is 37.1 Å². The molecule has 4 rings (SSSR count). The highest BCUT2D eigenvalue weighted by molar-refractivity contribution is 5.96. The van der Waals surface area contributed by atoms with Gasteiger partial charge in [0.2, 0.25) is 0 Å². The van der Waals surface area contributed by atoms with Crippen molar-refractivity contribution in [2.24, 2.45) is 0 Å². The van der Waals surface area contributed by atoms with Gasteiger partial charge in [0, 0.05) is 36.3 Å². The SMILES string of the molecule is CNc1nc(C2=C(C)C=CCC=C2)cc(-c2cccc(C(=O)NCC3CCCN3)c2)c1C#N. The maximum atomic E-state index is 12.8. The minimum atomic E-state index is -0.109. The lowest BCUT2D eigenvalue weighted by Crippen LogP contribution is -2.37. The van der Waals surface area contributed by atoms with Crippen LogP contribution in [0.25, 0.3) is 16.7 Å². The van der Waals surface area contributed by atoms with Crippen LogP contribution in [0, 0.1) is 11.3 Å². The number of carbonyl (C=O) groups excluding carboxylic acids is 1. The Labute approximate surface area is 195 Å². The Bertz CT molecular complexity index is 1180. The van der Waals surface area contributed by atoms with Crippen LogP contribution in [-0.2, 0) is 0 Å². The van der Waals surface area contributed by atoms with E-state index in [1.54, 1.807) is 13.1 Å². The van der Waals surface area contributed by atoms with Crippen molar-refractivity contribution in [2.45, 2.75) is 32.2 Å². The van der Waals surface area contributed by atoms with Crippen LogP contribution in [0.5, 0.6) is 0 Å². The number of aromatic nitrogens is 1. The van der Waals surface area contributed by atoms with E-state index in [9.17, 15) is 10.1 Å². The third-order valence-electron chi connectivity index (χ3n) is 6.10. The highest BCUT2D eigenvalue weighted by atomic mass is 16.1. The lowest BCUT2D eigenvalue weighted by Gasteiger charge is -2.15. The molecule has 33 heavy (non-hydrogen) atoms. The highest BCUT2D eigenvalue weighted by Crippen LogP contribution is 2.33. The first-order valence-corrected chi connectivity index (χ1v) is 11.4. The van der Waals surface area contributed by atoms with Crippen molar-refractivity contribution < 1.29 is 4.79 Å². The maximum Gasteiger partial charge on any atom is 0.251 e. The van der Waals surface area contributed by atoms with Crippen LogP contribution >= 0.6 is 0 Å². The van der Waals surface area contributed by atoms with Crippen LogP contribution in [0.4, 0.5) is 5.82 Å². The van der Waals surface area contributed by atoms with Gasteiger partial charge < -0.3 is 16.0 Å². The van der Waals surface area contributed by atoms with E-state index < -0.39 is 0 Å². The lowest BCUT2D eigenvalue weighted by atomic mass is 9.95. The number of nitrogens with one attached hydrogen (secondary N) is 3. The molecule has 1 saturated heterocycles. The Hall–Kier alpha value is -3.69. The maximum absolute atomic E-state index is 12.8. The summed E-state index contributed by atoms with van der Waals surface area (Å²) in [5, 5.41) is 19.4. The number of hydrogen-bond donors (Lipinski definition) is 3. The number of carbonyl (C=O) groups is 1. The molecule has 1 atom stereocenters. The van der Waals surface area contributed by atoms with Crippen molar-refractivity contribution in [1.29, 1.82) is 5.26 Å². The Morgan fingerprint density at radius 2 is 2.12 bits per heavy atom. The Kier molecular flexibility index (Phi) is 7.01. The smallest absolute Gasteiger partial charge is 0.251 e. The zero-order valence-electron chi connectivity index (χ0n) is 19.1. The molecule has 1 aromatic carbocycles. The fraction of sp³-hybridized carbons (Fsp3) is 0.296. The molecular weight excluding hydrogens is 410 g/mol. The summed E-state index contributed by atoms with van der Waals surface area (Å²) in [6, 6.07) is 12.0. The van der Waals surface area contributed by atoms with Crippen molar-refractivity contribution in [2.75, 3.05) is 25.5 Å². The van der Waals surface area contributed by atoms with Crippen LogP contribution < -0.4 is 16.0 Å². The molecule has 1 aromatic heterocycles. The molecule has 2 aromatic rings. The number of hydrogen-bond acceptors (Lipinski definition) is 5. The summed E-state index contributed by atoms with van der Waals surface area (Å²) in [6.45, 7) is 3.68. The zero-order valence-corrected chi connectivity index (χ0v) is 19.1. The Morgan fingerprint density at radius 1 is 1.27 bits per heavy atom. The van der Waals surface area contributed by atoms with Crippen molar-refractivity contribution >= 4 is 17.3 Å². The van der Waals surface area contributed by atoms with Crippen molar-refractivity contribution in [3.05, 3.63) is 77.0 Å². The summed E-state index contributed by atoms with van der Waals surface area (Å²) in [5.41, 5.74) is 5.51. The summed E-state index contributed by atoms with van der Waals surface area (Å²) in [5.74, 6) is 0.414. The Morgan fingerprint density at radius 3 is 2.88 bits per heavy atom. The number of allylic oxidation sites excluding steroid dienone is 6. The molecule has 0 bridgehead atoms. The van der Waals surface area contributed by atoms with E-state index in [1.807, 2.05) is 24.3 Å². The Balaban J connectivity index is 1.72. The molecular formula is C27H29N5O. The first-order chi connectivity index (χ1) is 16.1. The molecule has 1 fully saturated rings. The van der Waals surface area contributed by atoms with Gasteiger partial charge in [0.1, 0.15) is 17.5 Å². The van der Waals surface area contributed by atoms with E-state index in [2.05, 4.69) is 53.2 Å². The van der Waals surface area contributed by atoms with Gasteiger partial charge in [0.15, 0.2) is 0 Å². The monoisotopic (exact) mass is 439 g/mol. The molecule has 1 aliphatic heterocycles. The molecule has 1 unspecified atom stereocenters. The van der Waals surface area contributed by atoms with E-state index in [1.165, 1.54) is 0 Å². The third kappa shape index (κ3) is 5.05. The van der Waals surface area contributed by atoms with E-state index in [0.717, 1.165) is 53.8 Å². The molecule has 3 N–H and O–H groups in total.